The number of hydrogen-bond acceptors (Lipinski definition) is 1. The number of hydrogen-bond donors (Lipinski definition) is 1. The lowest BCUT2D eigenvalue weighted by Gasteiger charge is -2.06. The Hall–Kier alpha value is -0.530. The van der Waals surface area contributed by atoms with Gasteiger partial charge in [0.15, 0.2) is 0 Å². The van der Waals surface area contributed by atoms with Gasteiger partial charge in [0.05, 0.1) is 0 Å². The highest BCUT2D eigenvalue weighted by molar-refractivity contribution is 5.85. The third-order valence-corrected chi connectivity index (χ3v) is 1.67. The summed E-state index contributed by atoms with van der Waals surface area (Å²) >= 11 is 0. The fourth-order valence-corrected chi connectivity index (χ4v) is 0.936. The number of nitrogens with two attached hydrogens (primary N) is 1. The van der Waals surface area contributed by atoms with E-state index in [9.17, 15) is 0 Å². The molecule has 0 heterocycles. The summed E-state index contributed by atoms with van der Waals surface area (Å²) in [5.74, 6) is 0. The molecule has 0 aliphatic rings. The maximum absolute atomic E-state index is 5.79. The Morgan fingerprint density at radius 2 is 1.82 bits per heavy atom. The average Bonchev–Trinajstić information content (AvgIpc) is 2.05. The van der Waals surface area contributed by atoms with Crippen LogP contribution >= 0.6 is 12.4 Å². The molecule has 62 valence electrons. The summed E-state index contributed by atoms with van der Waals surface area (Å²) in [6.45, 7) is 2.09. The molecule has 0 bridgehead atoms. The molecule has 0 aromatic heterocycles. The summed E-state index contributed by atoms with van der Waals surface area (Å²) < 4.78 is 0. The van der Waals surface area contributed by atoms with E-state index in [2.05, 4.69) is 19.1 Å². The van der Waals surface area contributed by atoms with Crippen molar-refractivity contribution in [2.24, 2.45) is 5.73 Å². The third-order valence-electron chi connectivity index (χ3n) is 1.67. The molecule has 2 heteroatoms. The maximum Gasteiger partial charge on any atom is 0.0292 e. The van der Waals surface area contributed by atoms with Crippen molar-refractivity contribution in [3.8, 4) is 0 Å². The molecule has 1 atom stereocenters. The highest BCUT2D eigenvalue weighted by atomic mass is 35.5. The van der Waals surface area contributed by atoms with Crippen LogP contribution in [0.25, 0.3) is 0 Å². The topological polar surface area (TPSA) is 26.0 Å². The van der Waals surface area contributed by atoms with Gasteiger partial charge in [0.1, 0.15) is 0 Å². The minimum atomic E-state index is 0. The second-order valence-electron chi connectivity index (χ2n) is 2.43. The maximum atomic E-state index is 5.79. The first-order chi connectivity index (χ1) is 4.84. The van der Waals surface area contributed by atoms with E-state index in [-0.39, 0.29) is 18.4 Å². The van der Waals surface area contributed by atoms with Crippen LogP contribution < -0.4 is 5.73 Å². The third kappa shape index (κ3) is 2.91. The summed E-state index contributed by atoms with van der Waals surface area (Å²) in [6.07, 6.45) is 1.00. The molecule has 0 amide bonds. The molecule has 0 aliphatic heterocycles. The smallest absolute Gasteiger partial charge is 0.0292 e. The van der Waals surface area contributed by atoms with Crippen molar-refractivity contribution in [1.82, 2.24) is 0 Å². The molecule has 0 spiro atoms. The van der Waals surface area contributed by atoms with Gasteiger partial charge in [-0.3, -0.25) is 0 Å². The molecule has 1 nitrogen and oxygen atoms in total. The molecule has 0 fully saturated rings. The quantitative estimate of drug-likeness (QED) is 0.727. The van der Waals surface area contributed by atoms with Gasteiger partial charge < -0.3 is 5.73 Å². The number of benzene rings is 1. The predicted molar refractivity (Wildman–Crippen MR) is 50.9 cm³/mol. The first-order valence-electron chi connectivity index (χ1n) is 3.65. The Bertz CT molecular complexity index is 186. The van der Waals surface area contributed by atoms with Gasteiger partial charge >= 0.3 is 0 Å². The van der Waals surface area contributed by atoms with Gasteiger partial charge in [-0.1, -0.05) is 37.3 Å². The minimum Gasteiger partial charge on any atom is -0.324 e. The number of rotatable bonds is 2. The molecular weight excluding hydrogens is 158 g/mol. The van der Waals surface area contributed by atoms with Gasteiger partial charge in [0.25, 0.3) is 0 Å². The second kappa shape index (κ2) is 5.16. The van der Waals surface area contributed by atoms with Crippen molar-refractivity contribution in [1.29, 1.82) is 0 Å². The van der Waals surface area contributed by atoms with Gasteiger partial charge in [0, 0.05) is 6.04 Å². The SMILES string of the molecule is CCC(N)c1ccccc1.Cl. The summed E-state index contributed by atoms with van der Waals surface area (Å²) in [5, 5.41) is 0. The van der Waals surface area contributed by atoms with Crippen LogP contribution in [0.1, 0.15) is 24.9 Å². The van der Waals surface area contributed by atoms with Crippen LogP contribution in [0.3, 0.4) is 0 Å². The van der Waals surface area contributed by atoms with E-state index in [1.54, 1.807) is 0 Å². The zero-order valence-corrected chi connectivity index (χ0v) is 7.47. The highest BCUT2D eigenvalue weighted by Gasteiger charge is 1.99. The van der Waals surface area contributed by atoms with Gasteiger partial charge in [0.2, 0.25) is 0 Å². The van der Waals surface area contributed by atoms with Crippen LogP contribution in [-0.2, 0) is 0 Å². The molecule has 0 saturated heterocycles. The Labute approximate surface area is 74.0 Å². The molecule has 0 radical (unpaired) electrons. The van der Waals surface area contributed by atoms with Crippen LogP contribution in [0.5, 0.6) is 0 Å². The molecule has 1 aromatic carbocycles. The predicted octanol–water partition coefficient (Wildman–Crippen LogP) is 2.52. The zero-order valence-electron chi connectivity index (χ0n) is 6.66. The normalized spacial score (nSPS) is 11.8. The van der Waals surface area contributed by atoms with Crippen LogP contribution in [0.15, 0.2) is 30.3 Å². The van der Waals surface area contributed by atoms with Crippen LogP contribution in [0.2, 0.25) is 0 Å². The van der Waals surface area contributed by atoms with E-state index in [4.69, 9.17) is 5.73 Å². The van der Waals surface area contributed by atoms with Crippen molar-refractivity contribution in [3.63, 3.8) is 0 Å². The summed E-state index contributed by atoms with van der Waals surface area (Å²) in [5.41, 5.74) is 7.02. The molecule has 1 unspecified atom stereocenters. The van der Waals surface area contributed by atoms with Crippen molar-refractivity contribution >= 4 is 12.4 Å². The Morgan fingerprint density at radius 3 is 2.27 bits per heavy atom. The lowest BCUT2D eigenvalue weighted by molar-refractivity contribution is 0.699. The van der Waals surface area contributed by atoms with E-state index in [1.807, 2.05) is 18.2 Å². The van der Waals surface area contributed by atoms with E-state index in [1.165, 1.54) is 5.56 Å². The average molecular weight is 172 g/mol. The zero-order chi connectivity index (χ0) is 7.40. The molecule has 1 aromatic rings. The van der Waals surface area contributed by atoms with Crippen LogP contribution in [-0.4, -0.2) is 0 Å². The monoisotopic (exact) mass is 171 g/mol. The summed E-state index contributed by atoms with van der Waals surface area (Å²) in [7, 11) is 0. The Kier molecular flexibility index (Phi) is 4.92. The molecule has 0 aliphatic carbocycles. The lowest BCUT2D eigenvalue weighted by Crippen LogP contribution is -2.07. The fraction of sp³-hybridized carbons (Fsp3) is 0.333. The fourth-order valence-electron chi connectivity index (χ4n) is 0.936. The van der Waals surface area contributed by atoms with Gasteiger partial charge in [-0.25, -0.2) is 0 Å². The van der Waals surface area contributed by atoms with Gasteiger partial charge in [-0.2, -0.15) is 0 Å². The first-order valence-corrected chi connectivity index (χ1v) is 3.65. The van der Waals surface area contributed by atoms with E-state index < -0.39 is 0 Å². The minimum absolute atomic E-state index is 0. The first kappa shape index (κ1) is 10.5. The lowest BCUT2D eigenvalue weighted by atomic mass is 10.1. The Balaban J connectivity index is 0.000001000. The molecular formula is C9H14ClN. The van der Waals surface area contributed by atoms with Crippen molar-refractivity contribution in [2.75, 3.05) is 0 Å². The van der Waals surface area contributed by atoms with Gasteiger partial charge in [-0.15, -0.1) is 12.4 Å². The number of halogens is 1. The summed E-state index contributed by atoms with van der Waals surface area (Å²) in [4.78, 5) is 0. The molecule has 11 heavy (non-hydrogen) atoms. The largest absolute Gasteiger partial charge is 0.324 e. The van der Waals surface area contributed by atoms with Crippen molar-refractivity contribution in [3.05, 3.63) is 35.9 Å². The van der Waals surface area contributed by atoms with Crippen molar-refractivity contribution in [2.45, 2.75) is 19.4 Å². The molecule has 1 rings (SSSR count). The van der Waals surface area contributed by atoms with E-state index in [0.29, 0.717) is 0 Å². The van der Waals surface area contributed by atoms with E-state index in [0.717, 1.165) is 6.42 Å². The van der Waals surface area contributed by atoms with Crippen LogP contribution in [0.4, 0.5) is 0 Å². The molecule has 2 N–H and O–H groups in total. The highest BCUT2D eigenvalue weighted by Crippen LogP contribution is 2.11. The Morgan fingerprint density at radius 1 is 1.27 bits per heavy atom. The van der Waals surface area contributed by atoms with Crippen LogP contribution in [0, 0.1) is 0 Å². The van der Waals surface area contributed by atoms with Gasteiger partial charge in [-0.05, 0) is 12.0 Å². The molecule has 0 saturated carbocycles. The van der Waals surface area contributed by atoms with E-state index >= 15 is 0 Å². The standard InChI is InChI=1S/C9H13N.ClH/c1-2-9(10)8-6-4-3-5-7-8;/h3-7,9H,2,10H2,1H3;1H. The summed E-state index contributed by atoms with van der Waals surface area (Å²) in [6, 6.07) is 10.4. The second-order valence-corrected chi connectivity index (χ2v) is 2.43. The van der Waals surface area contributed by atoms with Crippen molar-refractivity contribution < 1.29 is 0 Å².